The predicted octanol–water partition coefficient (Wildman–Crippen LogP) is 2.94. The monoisotopic (exact) mass is 285 g/mol. The van der Waals surface area contributed by atoms with Gasteiger partial charge in [-0.1, -0.05) is 24.3 Å². The van der Waals surface area contributed by atoms with Crippen molar-refractivity contribution in [3.8, 4) is 11.5 Å². The lowest BCUT2D eigenvalue weighted by molar-refractivity contribution is 0.0697. The second kappa shape index (κ2) is 5.09. The van der Waals surface area contributed by atoms with E-state index in [0.29, 0.717) is 17.2 Å². The summed E-state index contributed by atoms with van der Waals surface area (Å²) < 4.78 is 10.8. The summed E-state index contributed by atoms with van der Waals surface area (Å²) >= 11 is 0. The Labute approximate surface area is 122 Å². The predicted molar refractivity (Wildman–Crippen MR) is 79.2 cm³/mol. The topological polar surface area (TPSA) is 68.1 Å². The summed E-state index contributed by atoms with van der Waals surface area (Å²) in [5, 5.41) is 9.42. The maximum atomic E-state index is 11.5. The molecule has 0 amide bonds. The normalized spacial score (nSPS) is 21.6. The van der Waals surface area contributed by atoms with Crippen molar-refractivity contribution in [1.82, 2.24) is 0 Å². The highest BCUT2D eigenvalue weighted by atomic mass is 16.5. The van der Waals surface area contributed by atoms with Gasteiger partial charge in [-0.25, -0.2) is 4.79 Å². The molecule has 21 heavy (non-hydrogen) atoms. The highest BCUT2D eigenvalue weighted by Gasteiger charge is 2.33. The molecule has 2 aliphatic rings. The summed E-state index contributed by atoms with van der Waals surface area (Å²) in [6.45, 7) is 0. The molecule has 0 saturated carbocycles. The number of aliphatic imine (C=N–C) groups is 1. The molecular weight excluding hydrogens is 270 g/mol. The minimum absolute atomic E-state index is 0.00523. The van der Waals surface area contributed by atoms with E-state index in [0.717, 1.165) is 5.56 Å². The number of aromatic carboxylic acids is 1. The molecule has 0 fully saturated rings. The van der Waals surface area contributed by atoms with E-state index in [1.807, 2.05) is 24.3 Å². The molecule has 108 valence electrons. The number of hydrogen-bond donors (Lipinski definition) is 1. The summed E-state index contributed by atoms with van der Waals surface area (Å²) in [5.41, 5.74) is 1.34. The molecule has 1 aliphatic carbocycles. The number of nitrogens with zero attached hydrogens (tertiary/aromatic N) is 1. The lowest BCUT2D eigenvalue weighted by atomic mass is 9.79. The van der Waals surface area contributed by atoms with Gasteiger partial charge in [0.15, 0.2) is 11.5 Å². The first-order valence-corrected chi connectivity index (χ1v) is 6.58. The van der Waals surface area contributed by atoms with Crippen LogP contribution in [0.3, 0.4) is 0 Å². The van der Waals surface area contributed by atoms with Crippen molar-refractivity contribution < 1.29 is 19.4 Å². The van der Waals surface area contributed by atoms with Gasteiger partial charge in [0.25, 0.3) is 0 Å². The van der Waals surface area contributed by atoms with Gasteiger partial charge >= 0.3 is 5.97 Å². The van der Waals surface area contributed by atoms with Gasteiger partial charge < -0.3 is 14.6 Å². The van der Waals surface area contributed by atoms with Gasteiger partial charge in [-0.05, 0) is 0 Å². The van der Waals surface area contributed by atoms with Crippen molar-refractivity contribution in [3.63, 3.8) is 0 Å². The maximum absolute atomic E-state index is 11.5. The minimum Gasteiger partial charge on any atom is -0.493 e. The maximum Gasteiger partial charge on any atom is 0.338 e. The van der Waals surface area contributed by atoms with Crippen LogP contribution in [0.2, 0.25) is 0 Å². The fraction of sp³-hybridized carbons (Fsp3) is 0.250. The fourth-order valence-corrected chi connectivity index (χ4v) is 2.84. The molecule has 0 bridgehead atoms. The number of rotatable bonds is 3. The van der Waals surface area contributed by atoms with E-state index in [9.17, 15) is 9.90 Å². The largest absolute Gasteiger partial charge is 0.493 e. The Balaban J connectivity index is 2.31. The molecule has 0 radical (unpaired) electrons. The van der Waals surface area contributed by atoms with Gasteiger partial charge in [-0.2, -0.15) is 0 Å². The average molecular weight is 285 g/mol. The Morgan fingerprint density at radius 3 is 2.67 bits per heavy atom. The zero-order valence-electron chi connectivity index (χ0n) is 11.7. The number of ether oxygens (including phenoxy) is 2. The van der Waals surface area contributed by atoms with Gasteiger partial charge in [0.1, 0.15) is 0 Å². The number of carboxylic acids is 1. The lowest BCUT2D eigenvalue weighted by Crippen LogP contribution is -2.18. The molecule has 1 aliphatic heterocycles. The van der Waals surface area contributed by atoms with Crippen LogP contribution in [0.4, 0.5) is 5.69 Å². The third-order valence-electron chi connectivity index (χ3n) is 3.80. The molecule has 1 aromatic carbocycles. The Morgan fingerprint density at radius 1 is 1.24 bits per heavy atom. The van der Waals surface area contributed by atoms with Crippen LogP contribution in [-0.4, -0.2) is 31.5 Å². The first kappa shape index (κ1) is 13.4. The zero-order chi connectivity index (χ0) is 15.0. The third kappa shape index (κ3) is 2.01. The number of hydrogen-bond acceptors (Lipinski definition) is 4. The molecule has 5 nitrogen and oxygen atoms in total. The van der Waals surface area contributed by atoms with E-state index in [2.05, 4.69) is 4.99 Å². The van der Waals surface area contributed by atoms with Crippen LogP contribution < -0.4 is 9.47 Å². The molecule has 2 unspecified atom stereocenters. The quantitative estimate of drug-likeness (QED) is 0.927. The summed E-state index contributed by atoms with van der Waals surface area (Å²) in [5.74, 6) is 0.0330. The van der Waals surface area contributed by atoms with Crippen LogP contribution in [0.1, 0.15) is 21.8 Å². The first-order chi connectivity index (χ1) is 10.2. The molecule has 3 rings (SSSR count). The molecule has 1 heterocycles. The van der Waals surface area contributed by atoms with Crippen molar-refractivity contribution in [2.45, 2.75) is 5.92 Å². The summed E-state index contributed by atoms with van der Waals surface area (Å²) in [4.78, 5) is 15.9. The van der Waals surface area contributed by atoms with Crippen LogP contribution in [0.15, 0.2) is 35.4 Å². The van der Waals surface area contributed by atoms with Crippen molar-refractivity contribution in [3.05, 3.63) is 41.5 Å². The smallest absolute Gasteiger partial charge is 0.338 e. The van der Waals surface area contributed by atoms with Gasteiger partial charge in [0, 0.05) is 29.7 Å². The SMILES string of the molecule is COc1cc(C(=O)O)c2c(c1OC)C1C=CC=CC1C=N2. The van der Waals surface area contributed by atoms with Gasteiger partial charge in [0.05, 0.1) is 25.5 Å². The number of methoxy groups -OCH3 is 2. The van der Waals surface area contributed by atoms with Gasteiger partial charge in [-0.3, -0.25) is 4.99 Å². The number of allylic oxidation sites excluding steroid dienone is 4. The summed E-state index contributed by atoms with van der Waals surface area (Å²) in [7, 11) is 3.05. The van der Waals surface area contributed by atoms with Crippen molar-refractivity contribution in [2.75, 3.05) is 14.2 Å². The van der Waals surface area contributed by atoms with E-state index >= 15 is 0 Å². The molecule has 5 heteroatoms. The van der Waals surface area contributed by atoms with Crippen molar-refractivity contribution in [2.24, 2.45) is 10.9 Å². The standard InChI is InChI=1S/C16H15NO4/c1-20-12-7-11(16(18)19)14-13(15(12)21-2)10-6-4-3-5-9(10)8-17-14/h3-10H,1-2H3,(H,18,19). The second-order valence-corrected chi connectivity index (χ2v) is 4.88. The van der Waals surface area contributed by atoms with E-state index in [4.69, 9.17) is 9.47 Å². The molecule has 0 aromatic heterocycles. The number of carbonyl (C=O) groups is 1. The lowest BCUT2D eigenvalue weighted by Gasteiger charge is -2.29. The fourth-order valence-electron chi connectivity index (χ4n) is 2.84. The Kier molecular flexibility index (Phi) is 3.25. The van der Waals surface area contributed by atoms with Crippen LogP contribution in [0, 0.1) is 5.92 Å². The highest BCUT2D eigenvalue weighted by Crippen LogP contribution is 2.49. The van der Waals surface area contributed by atoms with Crippen LogP contribution in [-0.2, 0) is 0 Å². The Bertz CT molecular complexity index is 688. The van der Waals surface area contributed by atoms with E-state index in [1.54, 1.807) is 13.3 Å². The van der Waals surface area contributed by atoms with Crippen molar-refractivity contribution in [1.29, 1.82) is 0 Å². The van der Waals surface area contributed by atoms with E-state index in [1.165, 1.54) is 13.2 Å². The summed E-state index contributed by atoms with van der Waals surface area (Å²) in [6, 6.07) is 1.46. The second-order valence-electron chi connectivity index (χ2n) is 4.88. The average Bonchev–Trinajstić information content (AvgIpc) is 2.52. The number of fused-ring (bicyclic) bond motifs is 3. The van der Waals surface area contributed by atoms with Crippen LogP contribution >= 0.6 is 0 Å². The first-order valence-electron chi connectivity index (χ1n) is 6.58. The molecule has 0 saturated heterocycles. The minimum atomic E-state index is -1.03. The van der Waals surface area contributed by atoms with Crippen molar-refractivity contribution >= 4 is 17.9 Å². The molecule has 1 N–H and O–H groups in total. The van der Waals surface area contributed by atoms with E-state index in [-0.39, 0.29) is 17.4 Å². The molecule has 1 aromatic rings. The number of benzene rings is 1. The van der Waals surface area contributed by atoms with Crippen LogP contribution in [0.5, 0.6) is 11.5 Å². The van der Waals surface area contributed by atoms with E-state index < -0.39 is 5.97 Å². The van der Waals surface area contributed by atoms with Gasteiger partial charge in [0.2, 0.25) is 0 Å². The highest BCUT2D eigenvalue weighted by molar-refractivity contribution is 5.98. The number of carboxylic acid groups (broad SMARTS) is 1. The summed E-state index contributed by atoms with van der Waals surface area (Å²) in [6.07, 6.45) is 9.76. The molecular formula is C16H15NO4. The molecule has 0 spiro atoms. The Hall–Kier alpha value is -2.56. The van der Waals surface area contributed by atoms with Gasteiger partial charge in [-0.15, -0.1) is 0 Å². The molecule has 2 atom stereocenters. The zero-order valence-corrected chi connectivity index (χ0v) is 11.7. The Morgan fingerprint density at radius 2 is 2.00 bits per heavy atom. The third-order valence-corrected chi connectivity index (χ3v) is 3.80. The van der Waals surface area contributed by atoms with Crippen LogP contribution in [0.25, 0.3) is 0 Å².